The maximum atomic E-state index is 14.0. The van der Waals surface area contributed by atoms with E-state index in [1.54, 1.807) is 30.3 Å². The zero-order valence-corrected chi connectivity index (χ0v) is 20.0. The molecule has 36 heavy (non-hydrogen) atoms. The van der Waals surface area contributed by atoms with Gasteiger partial charge < -0.3 is 15.1 Å². The number of sulfone groups is 1. The van der Waals surface area contributed by atoms with E-state index < -0.39 is 38.7 Å². The molecule has 1 heterocycles. The van der Waals surface area contributed by atoms with Crippen molar-refractivity contribution in [3.05, 3.63) is 102 Å². The van der Waals surface area contributed by atoms with Crippen LogP contribution in [0, 0.1) is 5.82 Å². The molecule has 0 aliphatic carbocycles. The number of nitrogens with zero attached hydrogens (tertiary/aromatic N) is 2. The molecule has 0 spiro atoms. The van der Waals surface area contributed by atoms with Gasteiger partial charge in [-0.1, -0.05) is 48.5 Å². The third kappa shape index (κ3) is 5.28. The Kier molecular flexibility index (Phi) is 7.44. The van der Waals surface area contributed by atoms with Gasteiger partial charge in [-0.3, -0.25) is 14.4 Å². The van der Waals surface area contributed by atoms with Gasteiger partial charge in [-0.05, 0) is 36.4 Å². The van der Waals surface area contributed by atoms with Crippen molar-refractivity contribution >= 4 is 27.6 Å². The number of halogens is 1. The molecule has 4 rings (SSSR count). The first kappa shape index (κ1) is 25.1. The van der Waals surface area contributed by atoms with Crippen LogP contribution in [-0.2, 0) is 14.6 Å². The summed E-state index contributed by atoms with van der Waals surface area (Å²) >= 11 is 0. The van der Waals surface area contributed by atoms with E-state index in [4.69, 9.17) is 0 Å². The second kappa shape index (κ2) is 10.7. The average molecular weight is 510 g/mol. The van der Waals surface area contributed by atoms with Crippen LogP contribution in [0.4, 0.5) is 4.39 Å². The van der Waals surface area contributed by atoms with Gasteiger partial charge in [0.1, 0.15) is 5.82 Å². The van der Waals surface area contributed by atoms with E-state index >= 15 is 0 Å². The first-order valence-corrected chi connectivity index (χ1v) is 12.8. The molecule has 186 valence electrons. The predicted octanol–water partition coefficient (Wildman–Crippen LogP) is 2.34. The lowest BCUT2D eigenvalue weighted by Crippen LogP contribution is -2.57. The summed E-state index contributed by atoms with van der Waals surface area (Å²) in [4.78, 5) is 41.6. The van der Waals surface area contributed by atoms with Crippen molar-refractivity contribution in [2.24, 2.45) is 0 Å². The Labute approximate surface area is 208 Å². The highest BCUT2D eigenvalue weighted by Crippen LogP contribution is 2.19. The van der Waals surface area contributed by atoms with E-state index in [0.717, 1.165) is 0 Å². The van der Waals surface area contributed by atoms with Crippen LogP contribution >= 0.6 is 0 Å². The van der Waals surface area contributed by atoms with Gasteiger partial charge in [0.25, 0.3) is 17.7 Å². The van der Waals surface area contributed by atoms with Gasteiger partial charge in [0.15, 0.2) is 0 Å². The molecule has 0 bridgehead atoms. The molecule has 3 aromatic rings. The van der Waals surface area contributed by atoms with E-state index in [1.165, 1.54) is 64.4 Å². The van der Waals surface area contributed by atoms with Gasteiger partial charge in [-0.2, -0.15) is 0 Å². The largest absolute Gasteiger partial charge is 0.336 e. The first-order valence-electron chi connectivity index (χ1n) is 11.3. The molecule has 3 amide bonds. The van der Waals surface area contributed by atoms with Crippen LogP contribution < -0.4 is 5.32 Å². The number of hydrogen-bond donors (Lipinski definition) is 1. The third-order valence-corrected chi connectivity index (χ3v) is 7.76. The number of amides is 3. The predicted molar refractivity (Wildman–Crippen MR) is 130 cm³/mol. The van der Waals surface area contributed by atoms with Gasteiger partial charge in [0, 0.05) is 31.7 Å². The average Bonchev–Trinajstić information content (AvgIpc) is 2.92. The topological polar surface area (TPSA) is 104 Å². The maximum absolute atomic E-state index is 14.0. The molecule has 1 atom stereocenters. The lowest BCUT2D eigenvalue weighted by molar-refractivity contribution is -0.132. The Morgan fingerprint density at radius 3 is 1.89 bits per heavy atom. The van der Waals surface area contributed by atoms with E-state index in [1.807, 2.05) is 0 Å². The SMILES string of the molecule is O=C(N[C@H](C(=O)N1CCN(C(=O)c2ccccc2F)CC1)S(=O)(=O)c1ccccc1)c1ccccc1. The fraction of sp³-hybridized carbons (Fsp3) is 0.192. The fourth-order valence-corrected chi connectivity index (χ4v) is 5.40. The zero-order valence-electron chi connectivity index (χ0n) is 19.2. The van der Waals surface area contributed by atoms with E-state index in [0.29, 0.717) is 0 Å². The van der Waals surface area contributed by atoms with Gasteiger partial charge in [0.2, 0.25) is 15.2 Å². The lowest BCUT2D eigenvalue weighted by atomic mass is 10.1. The smallest absolute Gasteiger partial charge is 0.261 e. The summed E-state index contributed by atoms with van der Waals surface area (Å²) in [6.07, 6.45) is 0. The summed E-state index contributed by atoms with van der Waals surface area (Å²) in [5, 5.41) is 0.528. The molecule has 1 saturated heterocycles. The second-order valence-electron chi connectivity index (χ2n) is 8.17. The molecule has 0 saturated carbocycles. The molecule has 0 unspecified atom stereocenters. The van der Waals surface area contributed by atoms with Crippen molar-refractivity contribution in [1.82, 2.24) is 15.1 Å². The standard InChI is InChI=1S/C26H24FN3O5S/c27-22-14-8-7-13-21(22)25(32)29-15-17-30(18-16-29)26(33)24(28-23(31)19-9-3-1-4-10-19)36(34,35)20-11-5-2-6-12-20/h1-14,24H,15-18H2,(H,28,31)/t24-/m0/s1. The molecule has 0 aromatic heterocycles. The lowest BCUT2D eigenvalue weighted by Gasteiger charge is -2.36. The van der Waals surface area contributed by atoms with Gasteiger partial charge in [0.05, 0.1) is 10.5 Å². The number of nitrogens with one attached hydrogen (secondary N) is 1. The van der Waals surface area contributed by atoms with Crippen LogP contribution in [0.1, 0.15) is 20.7 Å². The Morgan fingerprint density at radius 1 is 0.750 bits per heavy atom. The first-order chi connectivity index (χ1) is 17.3. The highest BCUT2D eigenvalue weighted by molar-refractivity contribution is 7.92. The molecular formula is C26H24FN3O5S. The van der Waals surface area contributed by atoms with Crippen molar-refractivity contribution in [3.8, 4) is 0 Å². The summed E-state index contributed by atoms with van der Waals surface area (Å²) in [5.74, 6) is -2.66. The number of hydrogen-bond acceptors (Lipinski definition) is 5. The van der Waals surface area contributed by atoms with Crippen LogP contribution in [0.5, 0.6) is 0 Å². The molecular weight excluding hydrogens is 485 g/mol. The van der Waals surface area contributed by atoms with Gasteiger partial charge >= 0.3 is 0 Å². The molecule has 0 radical (unpaired) electrons. The molecule has 10 heteroatoms. The number of rotatable bonds is 6. The van der Waals surface area contributed by atoms with Crippen molar-refractivity contribution in [2.45, 2.75) is 10.3 Å². The Bertz CT molecular complexity index is 1360. The maximum Gasteiger partial charge on any atom is 0.261 e. The minimum absolute atomic E-state index is 0.0288. The van der Waals surface area contributed by atoms with Crippen LogP contribution in [0.3, 0.4) is 0 Å². The Balaban J connectivity index is 1.54. The second-order valence-corrected chi connectivity index (χ2v) is 10.2. The zero-order chi connectivity index (χ0) is 25.7. The van der Waals surface area contributed by atoms with Crippen LogP contribution in [0.15, 0.2) is 89.8 Å². The van der Waals surface area contributed by atoms with Crippen molar-refractivity contribution in [3.63, 3.8) is 0 Å². The normalized spacial score (nSPS) is 14.7. The number of carbonyl (C=O) groups excluding carboxylic acids is 3. The summed E-state index contributed by atoms with van der Waals surface area (Å²) in [7, 11) is -4.28. The minimum atomic E-state index is -4.28. The Morgan fingerprint density at radius 2 is 1.28 bits per heavy atom. The van der Waals surface area contributed by atoms with Crippen molar-refractivity contribution in [2.75, 3.05) is 26.2 Å². The van der Waals surface area contributed by atoms with Crippen LogP contribution in [0.2, 0.25) is 0 Å². The summed E-state index contributed by atoms with van der Waals surface area (Å²) < 4.78 is 40.9. The number of benzene rings is 3. The van der Waals surface area contributed by atoms with Gasteiger partial charge in [-0.15, -0.1) is 0 Å². The highest BCUT2D eigenvalue weighted by Gasteiger charge is 2.39. The molecule has 3 aromatic carbocycles. The Hall–Kier alpha value is -4.05. The van der Waals surface area contributed by atoms with E-state index in [2.05, 4.69) is 5.32 Å². The quantitative estimate of drug-likeness (QED) is 0.550. The number of carbonyl (C=O) groups is 3. The fourth-order valence-electron chi connectivity index (χ4n) is 3.91. The summed E-state index contributed by atoms with van der Waals surface area (Å²) in [6.45, 7) is 0.232. The summed E-state index contributed by atoms with van der Waals surface area (Å²) in [5.41, 5.74) is 0.135. The molecule has 1 fully saturated rings. The summed E-state index contributed by atoms with van der Waals surface area (Å²) in [6, 6.07) is 21.0. The molecule has 8 nitrogen and oxygen atoms in total. The third-order valence-electron chi connectivity index (χ3n) is 5.89. The highest BCUT2D eigenvalue weighted by atomic mass is 32.2. The van der Waals surface area contributed by atoms with Crippen LogP contribution in [-0.4, -0.2) is 67.5 Å². The van der Waals surface area contributed by atoms with E-state index in [9.17, 15) is 27.2 Å². The van der Waals surface area contributed by atoms with E-state index in [-0.39, 0.29) is 42.2 Å². The molecule has 1 N–H and O–H groups in total. The van der Waals surface area contributed by atoms with Crippen molar-refractivity contribution < 1.29 is 27.2 Å². The minimum Gasteiger partial charge on any atom is -0.336 e. The monoisotopic (exact) mass is 509 g/mol. The van der Waals surface area contributed by atoms with Crippen LogP contribution in [0.25, 0.3) is 0 Å². The number of piperazine rings is 1. The van der Waals surface area contributed by atoms with Gasteiger partial charge in [-0.25, -0.2) is 12.8 Å². The molecule has 1 aliphatic rings. The van der Waals surface area contributed by atoms with Crippen molar-refractivity contribution in [1.29, 1.82) is 0 Å². The molecule has 1 aliphatic heterocycles.